The number of nitrogens with one attached hydrogen (secondary N) is 1. The van der Waals surface area contributed by atoms with Crippen molar-refractivity contribution in [2.24, 2.45) is 0 Å². The Bertz CT molecular complexity index is 405. The molecule has 0 aliphatic heterocycles. The Morgan fingerprint density at radius 3 is 2.89 bits per heavy atom. The third-order valence-electron chi connectivity index (χ3n) is 2.94. The number of rotatable bonds is 6. The summed E-state index contributed by atoms with van der Waals surface area (Å²) in [5, 5.41) is 3.20. The zero-order valence-electron chi connectivity index (χ0n) is 10.7. The van der Waals surface area contributed by atoms with Gasteiger partial charge < -0.3 is 14.8 Å². The predicted octanol–water partition coefficient (Wildman–Crippen LogP) is 1.42. The van der Waals surface area contributed by atoms with E-state index in [4.69, 9.17) is 9.47 Å². The maximum atomic E-state index is 10.8. The van der Waals surface area contributed by atoms with Crippen molar-refractivity contribution in [2.45, 2.75) is 31.9 Å². The van der Waals surface area contributed by atoms with Gasteiger partial charge >= 0.3 is 0 Å². The summed E-state index contributed by atoms with van der Waals surface area (Å²) >= 11 is 0. The second kappa shape index (κ2) is 5.82. The topological polar surface area (TPSA) is 60.5 Å². The monoisotopic (exact) mass is 252 g/mol. The number of aromatic nitrogens is 1. The van der Waals surface area contributed by atoms with Crippen LogP contribution in [0.4, 0.5) is 0 Å². The summed E-state index contributed by atoms with van der Waals surface area (Å²) < 4.78 is 10.9. The molecular formula is C13H20N2O3. The molecule has 0 amide bonds. The Morgan fingerprint density at radius 1 is 1.56 bits per heavy atom. The van der Waals surface area contributed by atoms with E-state index in [0.29, 0.717) is 17.7 Å². The van der Waals surface area contributed by atoms with Gasteiger partial charge in [-0.3, -0.25) is 4.79 Å². The standard InChI is InChI=1S/C13H18N2O3.H2/c1-9(16)8-17-11-3-4-13(15-7-11)18-12-5-10(6-12)14-2;/h3-4,7,10,12,14H,5-6,8H2,1-2H3;1H. The van der Waals surface area contributed by atoms with Crippen LogP contribution in [0.25, 0.3) is 0 Å². The fourth-order valence-electron chi connectivity index (χ4n) is 1.78. The molecule has 0 unspecified atom stereocenters. The highest BCUT2D eigenvalue weighted by atomic mass is 16.5. The predicted molar refractivity (Wildman–Crippen MR) is 69.0 cm³/mol. The van der Waals surface area contributed by atoms with Crippen molar-refractivity contribution in [3.63, 3.8) is 0 Å². The minimum absolute atomic E-state index is 0. The number of pyridine rings is 1. The normalized spacial score (nSPS) is 22.1. The zero-order valence-corrected chi connectivity index (χ0v) is 10.7. The number of hydrogen-bond donors (Lipinski definition) is 1. The van der Waals surface area contributed by atoms with Crippen LogP contribution in [-0.2, 0) is 4.79 Å². The van der Waals surface area contributed by atoms with E-state index in [2.05, 4.69) is 10.3 Å². The number of ketones is 1. The van der Waals surface area contributed by atoms with Crippen molar-refractivity contribution in [3.05, 3.63) is 18.3 Å². The Labute approximate surface area is 108 Å². The number of nitrogens with zero attached hydrogens (tertiary/aromatic N) is 1. The molecule has 1 saturated carbocycles. The highest BCUT2D eigenvalue weighted by molar-refractivity contribution is 5.77. The van der Waals surface area contributed by atoms with Crippen LogP contribution in [-0.4, -0.2) is 36.6 Å². The number of ether oxygens (including phenoxy) is 2. The van der Waals surface area contributed by atoms with Crippen molar-refractivity contribution in [2.75, 3.05) is 13.7 Å². The molecule has 1 N–H and O–H groups in total. The van der Waals surface area contributed by atoms with Gasteiger partial charge in [0.2, 0.25) is 5.88 Å². The molecule has 2 rings (SSSR count). The molecule has 0 atom stereocenters. The van der Waals surface area contributed by atoms with Crippen molar-refractivity contribution >= 4 is 5.78 Å². The third kappa shape index (κ3) is 3.43. The van der Waals surface area contributed by atoms with E-state index >= 15 is 0 Å². The first-order chi connectivity index (χ1) is 8.67. The quantitative estimate of drug-likeness (QED) is 0.829. The number of carbonyl (C=O) groups excluding carboxylic acids is 1. The summed E-state index contributed by atoms with van der Waals surface area (Å²) in [5.41, 5.74) is 0. The first kappa shape index (κ1) is 12.8. The van der Waals surface area contributed by atoms with Gasteiger partial charge in [-0.15, -0.1) is 0 Å². The lowest BCUT2D eigenvalue weighted by Crippen LogP contribution is -2.45. The SMILES string of the molecule is CNC1CC(Oc2ccc(OCC(C)=O)cn2)C1.[HH]. The van der Waals surface area contributed by atoms with Gasteiger partial charge in [0.25, 0.3) is 0 Å². The van der Waals surface area contributed by atoms with Crippen LogP contribution in [0.2, 0.25) is 0 Å². The molecule has 0 spiro atoms. The Morgan fingerprint density at radius 2 is 2.33 bits per heavy atom. The van der Waals surface area contributed by atoms with E-state index in [9.17, 15) is 4.79 Å². The lowest BCUT2D eigenvalue weighted by atomic mass is 9.89. The molecule has 1 aromatic heterocycles. The average molecular weight is 252 g/mol. The minimum atomic E-state index is -0.0112. The van der Waals surface area contributed by atoms with Gasteiger partial charge in [-0.05, 0) is 32.9 Å². The van der Waals surface area contributed by atoms with Gasteiger partial charge in [-0.25, -0.2) is 4.98 Å². The summed E-state index contributed by atoms with van der Waals surface area (Å²) in [6, 6.07) is 4.09. The molecule has 0 radical (unpaired) electrons. The van der Waals surface area contributed by atoms with Gasteiger partial charge in [-0.2, -0.15) is 0 Å². The first-order valence-corrected chi connectivity index (χ1v) is 6.09. The van der Waals surface area contributed by atoms with Gasteiger partial charge in [0.05, 0.1) is 6.20 Å². The maximum absolute atomic E-state index is 10.8. The van der Waals surface area contributed by atoms with E-state index in [-0.39, 0.29) is 19.9 Å². The Balaban J connectivity index is 0.00000180. The summed E-state index contributed by atoms with van der Waals surface area (Å²) in [5.74, 6) is 1.17. The van der Waals surface area contributed by atoms with Crippen LogP contribution < -0.4 is 14.8 Å². The van der Waals surface area contributed by atoms with E-state index < -0.39 is 0 Å². The van der Waals surface area contributed by atoms with Crippen LogP contribution in [0.3, 0.4) is 0 Å². The fraction of sp³-hybridized carbons (Fsp3) is 0.538. The molecule has 0 saturated heterocycles. The second-order valence-corrected chi connectivity index (χ2v) is 4.52. The number of Topliss-reactive ketones (excluding diaryl/α,β-unsaturated/α-hetero) is 1. The van der Waals surface area contributed by atoms with Gasteiger partial charge in [0.15, 0.2) is 5.78 Å². The largest absolute Gasteiger partial charge is 0.484 e. The highest BCUT2D eigenvalue weighted by Gasteiger charge is 2.29. The summed E-state index contributed by atoms with van der Waals surface area (Å²) in [6.07, 6.45) is 3.85. The lowest BCUT2D eigenvalue weighted by molar-refractivity contribution is -0.118. The molecule has 1 aliphatic rings. The average Bonchev–Trinajstić information content (AvgIpc) is 2.32. The maximum Gasteiger partial charge on any atom is 0.213 e. The molecule has 5 heteroatoms. The fourth-order valence-corrected chi connectivity index (χ4v) is 1.78. The van der Waals surface area contributed by atoms with Crippen molar-refractivity contribution in [1.82, 2.24) is 10.3 Å². The summed E-state index contributed by atoms with van der Waals surface area (Å²) in [7, 11) is 1.96. The summed E-state index contributed by atoms with van der Waals surface area (Å²) in [4.78, 5) is 14.9. The van der Waals surface area contributed by atoms with Gasteiger partial charge in [0, 0.05) is 13.5 Å². The summed E-state index contributed by atoms with van der Waals surface area (Å²) in [6.45, 7) is 1.56. The Kier molecular flexibility index (Phi) is 4.15. The van der Waals surface area contributed by atoms with Crippen molar-refractivity contribution < 1.29 is 15.7 Å². The van der Waals surface area contributed by atoms with Crippen LogP contribution in [0.15, 0.2) is 18.3 Å². The third-order valence-corrected chi connectivity index (χ3v) is 2.94. The minimum Gasteiger partial charge on any atom is -0.484 e. The van der Waals surface area contributed by atoms with Gasteiger partial charge in [0.1, 0.15) is 18.5 Å². The van der Waals surface area contributed by atoms with Crippen LogP contribution in [0.1, 0.15) is 21.2 Å². The highest BCUT2D eigenvalue weighted by Crippen LogP contribution is 2.25. The lowest BCUT2D eigenvalue weighted by Gasteiger charge is -2.34. The molecule has 1 aliphatic carbocycles. The number of carbonyl (C=O) groups is 1. The van der Waals surface area contributed by atoms with Crippen molar-refractivity contribution in [1.29, 1.82) is 0 Å². The van der Waals surface area contributed by atoms with Gasteiger partial charge in [-0.1, -0.05) is 0 Å². The van der Waals surface area contributed by atoms with Crippen LogP contribution in [0.5, 0.6) is 11.6 Å². The molecular weight excluding hydrogens is 232 g/mol. The zero-order chi connectivity index (χ0) is 13.0. The molecule has 18 heavy (non-hydrogen) atoms. The van der Waals surface area contributed by atoms with E-state index in [0.717, 1.165) is 12.8 Å². The molecule has 1 fully saturated rings. The van der Waals surface area contributed by atoms with Crippen LogP contribution in [0, 0.1) is 0 Å². The molecule has 0 aromatic carbocycles. The van der Waals surface area contributed by atoms with E-state index in [1.807, 2.05) is 7.05 Å². The first-order valence-electron chi connectivity index (χ1n) is 6.09. The molecule has 1 aromatic rings. The number of hydrogen-bond acceptors (Lipinski definition) is 5. The molecule has 1 heterocycles. The van der Waals surface area contributed by atoms with Crippen LogP contribution >= 0.6 is 0 Å². The second-order valence-electron chi connectivity index (χ2n) is 4.52. The molecule has 5 nitrogen and oxygen atoms in total. The van der Waals surface area contributed by atoms with E-state index in [1.165, 1.54) is 6.92 Å². The van der Waals surface area contributed by atoms with E-state index in [1.54, 1.807) is 18.3 Å². The van der Waals surface area contributed by atoms with Crippen molar-refractivity contribution in [3.8, 4) is 11.6 Å². The Hall–Kier alpha value is -1.62. The smallest absolute Gasteiger partial charge is 0.213 e. The molecule has 0 bridgehead atoms. The molecule has 100 valence electrons.